The standard InChI is InChI=1S/C31H42N4O4/c1-2-38-18-7-19-39-31(37)28(24-8-4-3-5-9-24)35-21-26(22-35)30(36)34-16-13-23(14-17-34)20-27-12-11-25-10-6-15-32-29(25)33-27/h3-5,8-9,11-12,23,26,28H,2,6-7,10,13-22H2,1H3,(H,32,33). The number of esters is 1. The van der Waals surface area contributed by atoms with Crippen LogP contribution in [0.3, 0.4) is 0 Å². The molecule has 0 radical (unpaired) electrons. The summed E-state index contributed by atoms with van der Waals surface area (Å²) in [4.78, 5) is 35.3. The van der Waals surface area contributed by atoms with Gasteiger partial charge in [0.25, 0.3) is 0 Å². The van der Waals surface area contributed by atoms with Crippen molar-refractivity contribution in [3.05, 3.63) is 59.3 Å². The number of aromatic nitrogens is 1. The molecule has 2 saturated heterocycles. The second kappa shape index (κ2) is 13.4. The number of rotatable bonds is 11. The lowest BCUT2D eigenvalue weighted by molar-refractivity contribution is -0.158. The molecule has 1 unspecified atom stereocenters. The molecule has 8 nitrogen and oxygen atoms in total. The number of fused-ring (bicyclic) bond motifs is 1. The Bertz CT molecular complexity index is 1100. The Morgan fingerprint density at radius 1 is 1.08 bits per heavy atom. The number of hydrogen-bond donors (Lipinski definition) is 1. The molecule has 1 N–H and O–H groups in total. The number of likely N-dealkylation sites (tertiary alicyclic amines) is 2. The quantitative estimate of drug-likeness (QED) is 0.346. The average molecular weight is 535 g/mol. The summed E-state index contributed by atoms with van der Waals surface area (Å²) in [6, 6.07) is 13.7. The Labute approximate surface area is 232 Å². The van der Waals surface area contributed by atoms with Gasteiger partial charge >= 0.3 is 5.97 Å². The van der Waals surface area contributed by atoms with Crippen molar-refractivity contribution in [2.24, 2.45) is 11.8 Å². The molecule has 4 heterocycles. The van der Waals surface area contributed by atoms with Crippen LogP contribution in [-0.2, 0) is 31.9 Å². The SMILES string of the molecule is CCOCCCOC(=O)C(c1ccccc1)N1CC(C(=O)N2CCC(Cc3ccc4c(n3)NCCC4)CC2)C1. The van der Waals surface area contributed by atoms with Crippen LogP contribution >= 0.6 is 0 Å². The lowest BCUT2D eigenvalue weighted by Crippen LogP contribution is -2.57. The highest BCUT2D eigenvalue weighted by Crippen LogP contribution is 2.32. The molecule has 0 spiro atoms. The van der Waals surface area contributed by atoms with Gasteiger partial charge in [-0.1, -0.05) is 36.4 Å². The third kappa shape index (κ3) is 6.97. The second-order valence-electron chi connectivity index (χ2n) is 11.0. The lowest BCUT2D eigenvalue weighted by atomic mass is 9.89. The summed E-state index contributed by atoms with van der Waals surface area (Å²) >= 11 is 0. The summed E-state index contributed by atoms with van der Waals surface area (Å²) in [6.45, 7) is 7.29. The van der Waals surface area contributed by atoms with Gasteiger partial charge in [0, 0.05) is 58.1 Å². The molecule has 8 heteroatoms. The Morgan fingerprint density at radius 3 is 2.64 bits per heavy atom. The fourth-order valence-corrected chi connectivity index (χ4v) is 5.96. The Kier molecular flexibility index (Phi) is 9.48. The summed E-state index contributed by atoms with van der Waals surface area (Å²) in [7, 11) is 0. The molecule has 1 aromatic carbocycles. The monoisotopic (exact) mass is 534 g/mol. The number of carbonyl (C=O) groups excluding carboxylic acids is 2. The van der Waals surface area contributed by atoms with Gasteiger partial charge in [-0.05, 0) is 62.1 Å². The number of hydrogen-bond acceptors (Lipinski definition) is 7. The second-order valence-corrected chi connectivity index (χ2v) is 11.0. The van der Waals surface area contributed by atoms with E-state index in [2.05, 4.69) is 22.3 Å². The van der Waals surface area contributed by atoms with Crippen LogP contribution in [0.2, 0.25) is 0 Å². The lowest BCUT2D eigenvalue weighted by Gasteiger charge is -2.45. The van der Waals surface area contributed by atoms with E-state index in [1.54, 1.807) is 0 Å². The van der Waals surface area contributed by atoms with Crippen LogP contribution in [0, 0.1) is 11.8 Å². The third-order valence-electron chi connectivity index (χ3n) is 8.22. The first-order valence-corrected chi connectivity index (χ1v) is 14.7. The number of amides is 1. The molecule has 0 saturated carbocycles. The highest BCUT2D eigenvalue weighted by atomic mass is 16.5. The minimum Gasteiger partial charge on any atom is -0.464 e. The maximum absolute atomic E-state index is 13.3. The van der Waals surface area contributed by atoms with Gasteiger partial charge < -0.3 is 19.7 Å². The van der Waals surface area contributed by atoms with E-state index in [-0.39, 0.29) is 17.8 Å². The largest absolute Gasteiger partial charge is 0.464 e. The van der Waals surface area contributed by atoms with E-state index in [4.69, 9.17) is 14.5 Å². The number of nitrogens with one attached hydrogen (secondary N) is 1. The van der Waals surface area contributed by atoms with Crippen molar-refractivity contribution in [2.75, 3.05) is 57.9 Å². The zero-order chi connectivity index (χ0) is 27.0. The first-order valence-electron chi connectivity index (χ1n) is 14.7. The van der Waals surface area contributed by atoms with E-state index in [0.29, 0.717) is 45.2 Å². The van der Waals surface area contributed by atoms with Gasteiger partial charge in [0.15, 0.2) is 0 Å². The van der Waals surface area contributed by atoms with E-state index >= 15 is 0 Å². The van der Waals surface area contributed by atoms with E-state index in [1.165, 1.54) is 12.0 Å². The van der Waals surface area contributed by atoms with Crippen molar-refractivity contribution in [3.8, 4) is 0 Å². The van der Waals surface area contributed by atoms with Gasteiger partial charge in [-0.3, -0.25) is 9.69 Å². The van der Waals surface area contributed by atoms with E-state index in [1.807, 2.05) is 42.2 Å². The number of aryl methyl sites for hydroxylation is 1. The van der Waals surface area contributed by atoms with Gasteiger partial charge in [-0.15, -0.1) is 0 Å². The number of ether oxygens (including phenoxy) is 2. The van der Waals surface area contributed by atoms with Crippen LogP contribution < -0.4 is 5.32 Å². The molecule has 2 fully saturated rings. The smallest absolute Gasteiger partial charge is 0.328 e. The molecule has 2 aromatic rings. The highest BCUT2D eigenvalue weighted by Gasteiger charge is 2.42. The van der Waals surface area contributed by atoms with Crippen molar-refractivity contribution in [3.63, 3.8) is 0 Å². The number of anilines is 1. The van der Waals surface area contributed by atoms with Crippen molar-refractivity contribution < 1.29 is 19.1 Å². The predicted octanol–water partition coefficient (Wildman–Crippen LogP) is 3.86. The number of piperidine rings is 1. The Balaban J connectivity index is 1.10. The zero-order valence-corrected chi connectivity index (χ0v) is 23.1. The molecule has 0 bridgehead atoms. The molecule has 5 rings (SSSR count). The molecule has 210 valence electrons. The van der Waals surface area contributed by atoms with Crippen LogP contribution in [0.4, 0.5) is 5.82 Å². The van der Waals surface area contributed by atoms with Crippen LogP contribution in [0.25, 0.3) is 0 Å². The summed E-state index contributed by atoms with van der Waals surface area (Å²) < 4.78 is 10.9. The average Bonchev–Trinajstić information content (AvgIpc) is 2.95. The predicted molar refractivity (Wildman–Crippen MR) is 150 cm³/mol. The van der Waals surface area contributed by atoms with Gasteiger partial charge in [0.05, 0.1) is 12.5 Å². The first kappa shape index (κ1) is 27.6. The number of nitrogens with zero attached hydrogens (tertiary/aromatic N) is 3. The molecule has 3 aliphatic heterocycles. The fourth-order valence-electron chi connectivity index (χ4n) is 5.96. The van der Waals surface area contributed by atoms with Crippen molar-refractivity contribution in [2.45, 2.75) is 51.5 Å². The molecule has 3 aliphatic rings. The van der Waals surface area contributed by atoms with Crippen LogP contribution in [0.5, 0.6) is 0 Å². The third-order valence-corrected chi connectivity index (χ3v) is 8.22. The topological polar surface area (TPSA) is 84.0 Å². The molecule has 39 heavy (non-hydrogen) atoms. The maximum atomic E-state index is 13.3. The van der Waals surface area contributed by atoms with Crippen molar-refractivity contribution >= 4 is 17.7 Å². The number of carbonyl (C=O) groups is 2. The minimum absolute atomic E-state index is 0.0631. The van der Waals surface area contributed by atoms with Crippen molar-refractivity contribution in [1.29, 1.82) is 0 Å². The van der Waals surface area contributed by atoms with Crippen LogP contribution in [0.1, 0.15) is 55.5 Å². The van der Waals surface area contributed by atoms with Crippen LogP contribution in [0.15, 0.2) is 42.5 Å². The molecule has 1 atom stereocenters. The Hall–Kier alpha value is -2.97. The number of benzene rings is 1. The van der Waals surface area contributed by atoms with Crippen LogP contribution in [-0.4, -0.2) is 79.2 Å². The maximum Gasteiger partial charge on any atom is 0.328 e. The van der Waals surface area contributed by atoms with Gasteiger partial charge in [-0.25, -0.2) is 9.78 Å². The number of pyridine rings is 1. The van der Waals surface area contributed by atoms with E-state index in [0.717, 1.165) is 62.4 Å². The minimum atomic E-state index is -0.480. The van der Waals surface area contributed by atoms with E-state index in [9.17, 15) is 9.59 Å². The molecule has 1 aromatic heterocycles. The van der Waals surface area contributed by atoms with Gasteiger partial charge in [-0.2, -0.15) is 0 Å². The van der Waals surface area contributed by atoms with Gasteiger partial charge in [0.2, 0.25) is 5.91 Å². The molecule has 1 amide bonds. The summed E-state index contributed by atoms with van der Waals surface area (Å²) in [6.07, 6.45) is 5.95. The summed E-state index contributed by atoms with van der Waals surface area (Å²) in [5.41, 5.74) is 3.38. The fraction of sp³-hybridized carbons (Fsp3) is 0.581. The summed E-state index contributed by atoms with van der Waals surface area (Å²) in [5.74, 6) is 1.52. The van der Waals surface area contributed by atoms with E-state index < -0.39 is 6.04 Å². The van der Waals surface area contributed by atoms with Gasteiger partial charge in [0.1, 0.15) is 11.9 Å². The molecule has 0 aliphatic carbocycles. The summed E-state index contributed by atoms with van der Waals surface area (Å²) in [5, 5.41) is 3.43. The van der Waals surface area contributed by atoms with Crippen molar-refractivity contribution in [1.82, 2.24) is 14.8 Å². The highest BCUT2D eigenvalue weighted by molar-refractivity contribution is 5.82. The zero-order valence-electron chi connectivity index (χ0n) is 23.1. The Morgan fingerprint density at radius 2 is 1.87 bits per heavy atom. The normalized spacial score (nSPS) is 19.1. The first-order chi connectivity index (χ1) is 19.1. The molecular formula is C31H42N4O4. The molecular weight excluding hydrogens is 492 g/mol.